The molecule has 0 bridgehead atoms. The minimum absolute atomic E-state index is 0.0285. The number of carbonyl (C=O) groups is 1. The van der Waals surface area contributed by atoms with Crippen molar-refractivity contribution in [2.45, 2.75) is 185 Å². The third kappa shape index (κ3) is 9.75. The number of aliphatic hydroxyl groups excluding tert-OH is 1. The first kappa shape index (κ1) is 39.8. The molecule has 3 fully saturated rings. The Morgan fingerprint density at radius 3 is 2.17 bits per heavy atom. The Labute approximate surface area is 281 Å². The Hall–Kier alpha value is -0.636. The summed E-state index contributed by atoms with van der Waals surface area (Å²) in [5.41, 5.74) is 7.98. The van der Waals surface area contributed by atoms with Gasteiger partial charge in [-0.25, -0.2) is 0 Å². The van der Waals surface area contributed by atoms with Gasteiger partial charge in [0.1, 0.15) is 12.2 Å². The molecule has 10 atom stereocenters. The molecule has 268 valence electrons. The van der Waals surface area contributed by atoms with Crippen LogP contribution in [0.15, 0.2) is 12.2 Å². The van der Waals surface area contributed by atoms with Crippen LogP contribution in [0, 0.1) is 5.92 Å². The zero-order valence-corrected chi connectivity index (χ0v) is 33.0. The molecule has 0 aromatic carbocycles. The van der Waals surface area contributed by atoms with Crippen molar-refractivity contribution in [3.8, 4) is 0 Å². The molecule has 0 saturated carbocycles. The summed E-state index contributed by atoms with van der Waals surface area (Å²) in [6, 6.07) is -0.579. The zero-order chi connectivity index (χ0) is 34.8. The fraction of sp³-hybridized carbons (Fsp3) is 0.914. The smallest absolute Gasteiger partial charge is 0.303 e. The van der Waals surface area contributed by atoms with Crippen molar-refractivity contribution in [1.29, 1.82) is 0 Å². The van der Waals surface area contributed by atoms with Crippen LogP contribution in [0.1, 0.15) is 93.9 Å². The van der Waals surface area contributed by atoms with E-state index in [0.717, 1.165) is 18.4 Å². The quantitative estimate of drug-likeness (QED) is 0.135. The lowest BCUT2D eigenvalue weighted by atomic mass is 9.81. The van der Waals surface area contributed by atoms with E-state index < -0.39 is 47.0 Å². The number of ether oxygens (including phenoxy) is 4. The molecule has 0 radical (unpaired) electrons. The second-order valence-corrected chi connectivity index (χ2v) is 26.7. The number of fused-ring (bicyclic) bond motifs is 1. The molecular weight excluding hydrogens is 619 g/mol. The summed E-state index contributed by atoms with van der Waals surface area (Å²) >= 11 is 0. The van der Waals surface area contributed by atoms with E-state index in [1.165, 1.54) is 6.92 Å². The zero-order valence-electron chi connectivity index (χ0n) is 31.0. The lowest BCUT2D eigenvalue weighted by Gasteiger charge is -2.53. The molecule has 3 saturated heterocycles. The van der Waals surface area contributed by atoms with E-state index >= 15 is 0 Å². The summed E-state index contributed by atoms with van der Waals surface area (Å²) < 4.78 is 39.7. The van der Waals surface area contributed by atoms with Crippen LogP contribution in [-0.2, 0) is 32.6 Å². The van der Waals surface area contributed by atoms with Gasteiger partial charge < -0.3 is 38.6 Å². The standard InChI is InChI=1S/C35H67NO8Si2/c1-22-19-25(15-14-17-37)41-27(23(22)2)20-29-32(40-24(3)38)31(36)33-30(42-29)21-28(44-46(12,13)35(7,8)9)26(43-33)16-18-39-45(10,11)34(4,5)6/h22,25-33,37H,2,14-21,36H2,1,3-13H3/t22-,25?,26?,27?,28?,29?,30+,31-,32+,33-/m1/s1. The van der Waals surface area contributed by atoms with E-state index in [-0.39, 0.29) is 53.1 Å². The number of aliphatic hydroxyl groups is 1. The van der Waals surface area contributed by atoms with Crippen molar-refractivity contribution in [3.05, 3.63) is 12.2 Å². The fourth-order valence-corrected chi connectivity index (χ4v) is 8.80. The van der Waals surface area contributed by atoms with Crippen molar-refractivity contribution < 1.29 is 37.7 Å². The molecule has 3 heterocycles. The molecule has 0 aromatic heterocycles. The first-order valence-electron chi connectivity index (χ1n) is 17.6. The molecule has 5 unspecified atom stereocenters. The Balaban J connectivity index is 1.86. The molecule has 9 nitrogen and oxygen atoms in total. The Morgan fingerprint density at radius 1 is 0.978 bits per heavy atom. The van der Waals surface area contributed by atoms with Gasteiger partial charge >= 0.3 is 5.97 Å². The van der Waals surface area contributed by atoms with Crippen molar-refractivity contribution in [1.82, 2.24) is 0 Å². The summed E-state index contributed by atoms with van der Waals surface area (Å²) in [5, 5.41) is 9.53. The first-order chi connectivity index (χ1) is 21.1. The van der Waals surface area contributed by atoms with E-state index in [9.17, 15) is 9.90 Å². The molecule has 3 rings (SSSR count). The lowest BCUT2D eigenvalue weighted by molar-refractivity contribution is -0.258. The van der Waals surface area contributed by atoms with Crippen LogP contribution < -0.4 is 5.73 Å². The average molecular weight is 686 g/mol. The molecule has 0 aromatic rings. The highest BCUT2D eigenvalue weighted by atomic mass is 28.4. The second-order valence-electron chi connectivity index (χ2n) is 17.1. The summed E-state index contributed by atoms with van der Waals surface area (Å²) in [6.45, 7) is 31.2. The van der Waals surface area contributed by atoms with Gasteiger partial charge in [-0.1, -0.05) is 55.0 Å². The number of hydrogen-bond donors (Lipinski definition) is 2. The van der Waals surface area contributed by atoms with Gasteiger partial charge in [-0.2, -0.15) is 0 Å². The summed E-state index contributed by atoms with van der Waals surface area (Å²) in [6.07, 6.45) is 1.58. The summed E-state index contributed by atoms with van der Waals surface area (Å²) in [4.78, 5) is 12.4. The van der Waals surface area contributed by atoms with Crippen LogP contribution in [0.5, 0.6) is 0 Å². The van der Waals surface area contributed by atoms with E-state index in [0.29, 0.717) is 32.3 Å². The van der Waals surface area contributed by atoms with E-state index in [1.807, 2.05) is 0 Å². The largest absolute Gasteiger partial charge is 0.458 e. The Bertz CT molecular complexity index is 1030. The Kier molecular flexibility index (Phi) is 13.4. The van der Waals surface area contributed by atoms with Gasteiger partial charge in [0.25, 0.3) is 0 Å². The van der Waals surface area contributed by atoms with Gasteiger partial charge in [0.15, 0.2) is 16.6 Å². The highest BCUT2D eigenvalue weighted by Gasteiger charge is 2.54. The molecule has 0 aliphatic carbocycles. The number of carbonyl (C=O) groups excluding carboxylic acids is 1. The fourth-order valence-electron chi connectivity index (χ4n) is 6.38. The third-order valence-corrected chi connectivity index (χ3v) is 20.5. The molecule has 3 N–H and O–H groups in total. The molecule has 11 heteroatoms. The number of rotatable bonds is 12. The lowest BCUT2D eigenvalue weighted by Crippen LogP contribution is -2.68. The molecule has 46 heavy (non-hydrogen) atoms. The maximum atomic E-state index is 12.4. The van der Waals surface area contributed by atoms with Crippen LogP contribution in [-0.4, -0.2) is 95.8 Å². The number of esters is 1. The van der Waals surface area contributed by atoms with Crippen LogP contribution in [0.4, 0.5) is 0 Å². The van der Waals surface area contributed by atoms with Gasteiger partial charge in [0.05, 0.1) is 42.7 Å². The molecule has 0 amide bonds. The highest BCUT2D eigenvalue weighted by Crippen LogP contribution is 2.43. The van der Waals surface area contributed by atoms with Crippen molar-refractivity contribution >= 4 is 22.6 Å². The third-order valence-electron chi connectivity index (χ3n) is 11.4. The van der Waals surface area contributed by atoms with Crippen LogP contribution in [0.3, 0.4) is 0 Å². The van der Waals surface area contributed by atoms with Crippen LogP contribution in [0.25, 0.3) is 0 Å². The first-order valence-corrected chi connectivity index (χ1v) is 23.4. The maximum Gasteiger partial charge on any atom is 0.303 e. The monoisotopic (exact) mass is 685 g/mol. The normalized spacial score (nSPS) is 34.7. The minimum Gasteiger partial charge on any atom is -0.458 e. The summed E-state index contributed by atoms with van der Waals surface area (Å²) in [7, 11) is -4.10. The van der Waals surface area contributed by atoms with Gasteiger partial charge in [-0.15, -0.1) is 0 Å². The van der Waals surface area contributed by atoms with E-state index in [1.54, 1.807) is 0 Å². The minimum atomic E-state index is -2.15. The van der Waals surface area contributed by atoms with Gasteiger partial charge in [-0.3, -0.25) is 4.79 Å². The van der Waals surface area contributed by atoms with Crippen molar-refractivity contribution in [2.75, 3.05) is 13.2 Å². The predicted molar refractivity (Wildman–Crippen MR) is 188 cm³/mol. The number of nitrogens with two attached hydrogens (primary N) is 1. The molecule has 3 aliphatic rings. The van der Waals surface area contributed by atoms with Gasteiger partial charge in [0, 0.05) is 33.0 Å². The molecule has 3 aliphatic heterocycles. The van der Waals surface area contributed by atoms with E-state index in [2.05, 4.69) is 81.2 Å². The molecular formula is C35H67NO8Si2. The van der Waals surface area contributed by atoms with E-state index in [4.69, 9.17) is 33.5 Å². The van der Waals surface area contributed by atoms with Gasteiger partial charge in [0.2, 0.25) is 0 Å². The maximum absolute atomic E-state index is 12.4. The van der Waals surface area contributed by atoms with Gasteiger partial charge in [-0.05, 0) is 73.4 Å². The average Bonchev–Trinajstić information content (AvgIpc) is 2.91. The SMILES string of the molecule is C=C1C(CC2O[C@H]3CC(O[Si](C)(C)C(C)(C)C)C(CCO[Si](C)(C)C(C)(C)C)O[C@H]3[C@H](N)[C@H]2OC(C)=O)OC(CCCO)C[C@H]1C. The van der Waals surface area contributed by atoms with Crippen molar-refractivity contribution in [3.63, 3.8) is 0 Å². The van der Waals surface area contributed by atoms with Crippen molar-refractivity contribution in [2.24, 2.45) is 11.7 Å². The predicted octanol–water partition coefficient (Wildman–Crippen LogP) is 6.49. The Morgan fingerprint density at radius 2 is 1.61 bits per heavy atom. The van der Waals surface area contributed by atoms with Crippen LogP contribution >= 0.6 is 0 Å². The number of hydrogen-bond acceptors (Lipinski definition) is 9. The van der Waals surface area contributed by atoms with Crippen LogP contribution in [0.2, 0.25) is 36.3 Å². The second kappa shape index (κ2) is 15.5. The highest BCUT2D eigenvalue weighted by molar-refractivity contribution is 6.74. The molecule has 0 spiro atoms. The topological polar surface area (TPSA) is 119 Å². The summed E-state index contributed by atoms with van der Waals surface area (Å²) in [5.74, 6) is -0.131.